The highest BCUT2D eigenvalue weighted by atomic mass is 32.2. The van der Waals surface area contributed by atoms with Gasteiger partial charge in [-0.25, -0.2) is 0 Å². The molecule has 0 radical (unpaired) electrons. The quantitative estimate of drug-likeness (QED) is 0.850. The molecule has 1 saturated carbocycles. The third-order valence-corrected chi connectivity index (χ3v) is 4.74. The molecule has 2 heterocycles. The molecule has 0 aliphatic heterocycles. The summed E-state index contributed by atoms with van der Waals surface area (Å²) < 4.78 is 6.17. The lowest BCUT2D eigenvalue weighted by Gasteiger charge is -2.10. The molecule has 0 spiro atoms. The SMILES string of the molecule is CC(C)(C)c1noc(CSc2nnc(NC3CC3)s2)n1. The zero-order chi connectivity index (χ0) is 14.2. The van der Waals surface area contributed by atoms with E-state index in [-0.39, 0.29) is 5.41 Å². The highest BCUT2D eigenvalue weighted by Gasteiger charge is 2.23. The molecule has 1 aliphatic carbocycles. The normalized spacial score (nSPS) is 15.6. The summed E-state index contributed by atoms with van der Waals surface area (Å²) in [5.74, 6) is 1.99. The molecule has 1 aliphatic rings. The predicted octanol–water partition coefficient (Wildman–Crippen LogP) is 3.09. The van der Waals surface area contributed by atoms with Crippen LogP contribution in [0.3, 0.4) is 0 Å². The van der Waals surface area contributed by atoms with Crippen LogP contribution in [0.1, 0.15) is 45.3 Å². The number of thioether (sulfide) groups is 1. The van der Waals surface area contributed by atoms with Gasteiger partial charge in [0.05, 0.1) is 5.75 Å². The second-order valence-corrected chi connectivity index (χ2v) is 8.04. The van der Waals surface area contributed by atoms with Crippen molar-refractivity contribution in [1.82, 2.24) is 20.3 Å². The monoisotopic (exact) mass is 311 g/mol. The van der Waals surface area contributed by atoms with Gasteiger partial charge in [0.15, 0.2) is 10.2 Å². The molecule has 0 unspecified atom stereocenters. The molecule has 0 bridgehead atoms. The molecule has 1 N–H and O–H groups in total. The molecular formula is C12H17N5OS2. The summed E-state index contributed by atoms with van der Waals surface area (Å²) >= 11 is 3.15. The van der Waals surface area contributed by atoms with Crippen molar-refractivity contribution >= 4 is 28.2 Å². The first-order valence-corrected chi connectivity index (χ1v) is 8.37. The Balaban J connectivity index is 1.55. The Kier molecular flexibility index (Phi) is 3.68. The van der Waals surface area contributed by atoms with Gasteiger partial charge in [-0.2, -0.15) is 4.98 Å². The maximum Gasteiger partial charge on any atom is 0.237 e. The fraction of sp³-hybridized carbons (Fsp3) is 0.667. The van der Waals surface area contributed by atoms with Gasteiger partial charge in [-0.05, 0) is 12.8 Å². The first-order chi connectivity index (χ1) is 9.50. The zero-order valence-corrected chi connectivity index (χ0v) is 13.3. The van der Waals surface area contributed by atoms with Gasteiger partial charge in [-0.3, -0.25) is 0 Å². The van der Waals surface area contributed by atoms with Crippen LogP contribution in [0.5, 0.6) is 0 Å². The van der Waals surface area contributed by atoms with E-state index in [2.05, 4.69) is 46.4 Å². The van der Waals surface area contributed by atoms with E-state index >= 15 is 0 Å². The molecule has 6 nitrogen and oxygen atoms in total. The molecule has 2 aromatic heterocycles. The Labute approximate surface area is 125 Å². The summed E-state index contributed by atoms with van der Waals surface area (Å²) in [6, 6.07) is 0.603. The van der Waals surface area contributed by atoms with Crippen LogP contribution >= 0.6 is 23.1 Å². The lowest BCUT2D eigenvalue weighted by Crippen LogP contribution is -2.13. The summed E-state index contributed by atoms with van der Waals surface area (Å²) in [6.07, 6.45) is 2.47. The van der Waals surface area contributed by atoms with Crippen molar-refractivity contribution in [2.75, 3.05) is 5.32 Å². The van der Waals surface area contributed by atoms with Crippen LogP contribution in [0.2, 0.25) is 0 Å². The smallest absolute Gasteiger partial charge is 0.237 e. The van der Waals surface area contributed by atoms with Gasteiger partial charge in [-0.15, -0.1) is 10.2 Å². The summed E-state index contributed by atoms with van der Waals surface area (Å²) in [4.78, 5) is 4.40. The fourth-order valence-electron chi connectivity index (χ4n) is 1.47. The Hall–Kier alpha value is -1.15. The van der Waals surface area contributed by atoms with Crippen LogP contribution in [0.25, 0.3) is 0 Å². The second-order valence-electron chi connectivity index (χ2n) is 5.84. The van der Waals surface area contributed by atoms with Crippen molar-refractivity contribution in [3.8, 4) is 0 Å². The number of hydrogen-bond donors (Lipinski definition) is 1. The van der Waals surface area contributed by atoms with Crippen LogP contribution in [-0.4, -0.2) is 26.4 Å². The number of nitrogens with one attached hydrogen (secondary N) is 1. The molecule has 0 aromatic carbocycles. The third-order valence-electron chi connectivity index (χ3n) is 2.77. The Bertz CT molecular complexity index is 585. The number of nitrogens with zero attached hydrogens (tertiary/aromatic N) is 4. The average molecular weight is 311 g/mol. The van der Waals surface area contributed by atoms with E-state index < -0.39 is 0 Å². The predicted molar refractivity (Wildman–Crippen MR) is 79.1 cm³/mol. The molecule has 20 heavy (non-hydrogen) atoms. The van der Waals surface area contributed by atoms with E-state index in [1.165, 1.54) is 12.8 Å². The van der Waals surface area contributed by atoms with Gasteiger partial charge in [0, 0.05) is 11.5 Å². The molecule has 0 atom stereocenters. The topological polar surface area (TPSA) is 76.7 Å². The molecular weight excluding hydrogens is 294 g/mol. The highest BCUT2D eigenvalue weighted by molar-refractivity contribution is 8.00. The van der Waals surface area contributed by atoms with Crippen LogP contribution in [0, 0.1) is 0 Å². The molecule has 3 rings (SSSR count). The van der Waals surface area contributed by atoms with Gasteiger partial charge < -0.3 is 9.84 Å². The molecule has 0 saturated heterocycles. The van der Waals surface area contributed by atoms with Gasteiger partial charge in [0.1, 0.15) is 0 Å². The first-order valence-electron chi connectivity index (χ1n) is 6.56. The maximum absolute atomic E-state index is 5.25. The summed E-state index contributed by atoms with van der Waals surface area (Å²) in [5.41, 5.74) is -0.0868. The molecule has 0 amide bonds. The maximum atomic E-state index is 5.25. The van der Waals surface area contributed by atoms with Crippen LogP contribution < -0.4 is 5.32 Å². The van der Waals surface area contributed by atoms with Crippen molar-refractivity contribution < 1.29 is 4.52 Å². The van der Waals surface area contributed by atoms with Crippen molar-refractivity contribution in [2.24, 2.45) is 0 Å². The summed E-state index contributed by atoms with van der Waals surface area (Å²) in [6.45, 7) is 6.19. The largest absolute Gasteiger partial charge is 0.357 e. The van der Waals surface area contributed by atoms with E-state index in [0.29, 0.717) is 17.7 Å². The third kappa shape index (κ3) is 3.49. The van der Waals surface area contributed by atoms with E-state index in [1.54, 1.807) is 23.1 Å². The minimum absolute atomic E-state index is 0.0868. The number of rotatable bonds is 5. The average Bonchev–Trinajstić information content (AvgIpc) is 2.90. The van der Waals surface area contributed by atoms with E-state index in [0.717, 1.165) is 15.3 Å². The van der Waals surface area contributed by atoms with E-state index in [9.17, 15) is 0 Å². The van der Waals surface area contributed by atoms with Crippen molar-refractivity contribution in [3.05, 3.63) is 11.7 Å². The van der Waals surface area contributed by atoms with E-state index in [1.807, 2.05) is 0 Å². The lowest BCUT2D eigenvalue weighted by atomic mass is 9.96. The fourth-order valence-corrected chi connectivity index (χ4v) is 3.14. The Morgan fingerprint density at radius 1 is 1.35 bits per heavy atom. The standard InChI is InChI=1S/C12H17N5OS2/c1-12(2,3)9-14-8(18-17-9)6-19-11-16-15-10(20-11)13-7-4-5-7/h7H,4-6H2,1-3H3,(H,13,15). The van der Waals surface area contributed by atoms with Crippen LogP contribution in [0.15, 0.2) is 8.86 Å². The molecule has 108 valence electrons. The molecule has 2 aromatic rings. The molecule has 8 heteroatoms. The number of hydrogen-bond acceptors (Lipinski definition) is 8. The minimum Gasteiger partial charge on any atom is -0.357 e. The van der Waals surface area contributed by atoms with Crippen LogP contribution in [0.4, 0.5) is 5.13 Å². The lowest BCUT2D eigenvalue weighted by molar-refractivity contribution is 0.373. The second kappa shape index (κ2) is 5.33. The minimum atomic E-state index is -0.0868. The summed E-state index contributed by atoms with van der Waals surface area (Å²) in [5, 5.41) is 16.5. The zero-order valence-electron chi connectivity index (χ0n) is 11.7. The Morgan fingerprint density at radius 2 is 2.15 bits per heavy atom. The van der Waals surface area contributed by atoms with Gasteiger partial charge in [0.2, 0.25) is 11.0 Å². The van der Waals surface area contributed by atoms with Gasteiger partial charge in [0.25, 0.3) is 0 Å². The molecule has 1 fully saturated rings. The summed E-state index contributed by atoms with van der Waals surface area (Å²) in [7, 11) is 0. The first kappa shape index (κ1) is 13.8. The number of aromatic nitrogens is 4. The Morgan fingerprint density at radius 3 is 2.80 bits per heavy atom. The van der Waals surface area contributed by atoms with Gasteiger partial charge >= 0.3 is 0 Å². The van der Waals surface area contributed by atoms with Crippen LogP contribution in [-0.2, 0) is 11.2 Å². The van der Waals surface area contributed by atoms with Crippen molar-refractivity contribution in [1.29, 1.82) is 0 Å². The van der Waals surface area contributed by atoms with Gasteiger partial charge in [-0.1, -0.05) is 49.0 Å². The number of anilines is 1. The van der Waals surface area contributed by atoms with E-state index in [4.69, 9.17) is 4.52 Å². The van der Waals surface area contributed by atoms with Crippen molar-refractivity contribution in [3.63, 3.8) is 0 Å². The van der Waals surface area contributed by atoms with Crippen molar-refractivity contribution in [2.45, 2.75) is 55.2 Å². The highest BCUT2D eigenvalue weighted by Crippen LogP contribution is 2.31.